The van der Waals surface area contributed by atoms with E-state index in [9.17, 15) is 4.79 Å². The van der Waals surface area contributed by atoms with Gasteiger partial charge in [0.15, 0.2) is 0 Å². The van der Waals surface area contributed by atoms with Crippen LogP contribution in [0.1, 0.15) is 39.5 Å². The predicted molar refractivity (Wildman–Crippen MR) is 76.4 cm³/mol. The van der Waals surface area contributed by atoms with Crippen LogP contribution in [0.5, 0.6) is 0 Å². The van der Waals surface area contributed by atoms with Gasteiger partial charge in [-0.15, -0.1) is 0 Å². The Labute approximate surface area is 110 Å². The van der Waals surface area contributed by atoms with Crippen molar-refractivity contribution in [1.82, 2.24) is 0 Å². The summed E-state index contributed by atoms with van der Waals surface area (Å²) in [6.07, 6.45) is 3.63. The molecule has 3 heteroatoms. The monoisotopic (exact) mass is 248 g/mol. The molecule has 0 radical (unpaired) electrons. The van der Waals surface area contributed by atoms with Gasteiger partial charge < -0.3 is 11.1 Å². The molecule has 0 aliphatic rings. The quantitative estimate of drug-likeness (QED) is 0.778. The van der Waals surface area contributed by atoms with Crippen molar-refractivity contribution in [2.24, 2.45) is 11.1 Å². The minimum atomic E-state index is -0.417. The summed E-state index contributed by atoms with van der Waals surface area (Å²) in [5.41, 5.74) is 6.30. The Morgan fingerprint density at radius 2 is 1.72 bits per heavy atom. The maximum absolute atomic E-state index is 12.5. The highest BCUT2D eigenvalue weighted by atomic mass is 16.2. The number of hydrogen-bond donors (Lipinski definition) is 2. The second-order valence-electron chi connectivity index (χ2n) is 4.80. The highest BCUT2D eigenvalue weighted by Crippen LogP contribution is 2.30. The second kappa shape index (κ2) is 7.17. The van der Waals surface area contributed by atoms with E-state index in [4.69, 9.17) is 5.73 Å². The van der Waals surface area contributed by atoms with Crippen LogP contribution in [0.3, 0.4) is 0 Å². The van der Waals surface area contributed by atoms with Gasteiger partial charge in [-0.2, -0.15) is 0 Å². The SMILES string of the molecule is CCCC(CN)(CCC)C(=O)Nc1ccccc1. The summed E-state index contributed by atoms with van der Waals surface area (Å²) in [5.74, 6) is 0.0555. The summed E-state index contributed by atoms with van der Waals surface area (Å²) in [6, 6.07) is 9.57. The number of para-hydroxylation sites is 1. The Kier molecular flexibility index (Phi) is 5.86. The fourth-order valence-electron chi connectivity index (χ4n) is 2.39. The molecule has 0 atom stereocenters. The highest BCUT2D eigenvalue weighted by molar-refractivity contribution is 5.95. The van der Waals surface area contributed by atoms with Crippen LogP contribution in [0, 0.1) is 5.41 Å². The summed E-state index contributed by atoms with van der Waals surface area (Å²) >= 11 is 0. The predicted octanol–water partition coefficient (Wildman–Crippen LogP) is 3.17. The molecule has 0 aliphatic heterocycles. The number of rotatable bonds is 7. The van der Waals surface area contributed by atoms with Gasteiger partial charge in [0.05, 0.1) is 5.41 Å². The molecule has 18 heavy (non-hydrogen) atoms. The van der Waals surface area contributed by atoms with Crippen molar-refractivity contribution in [3.63, 3.8) is 0 Å². The number of amides is 1. The number of carbonyl (C=O) groups is 1. The molecule has 0 unspecified atom stereocenters. The molecule has 0 aromatic heterocycles. The Balaban J connectivity index is 2.82. The molecule has 0 aliphatic carbocycles. The van der Waals surface area contributed by atoms with Gasteiger partial charge in [0.25, 0.3) is 0 Å². The first-order valence-electron chi connectivity index (χ1n) is 6.75. The molecule has 3 nitrogen and oxygen atoms in total. The standard InChI is InChI=1S/C15H24N2O/c1-3-10-15(12-16,11-4-2)14(18)17-13-8-6-5-7-9-13/h5-9H,3-4,10-12,16H2,1-2H3,(H,17,18). The Morgan fingerprint density at radius 1 is 1.17 bits per heavy atom. The van der Waals surface area contributed by atoms with E-state index >= 15 is 0 Å². The van der Waals surface area contributed by atoms with Crippen LogP contribution in [0.2, 0.25) is 0 Å². The summed E-state index contributed by atoms with van der Waals surface area (Å²) in [4.78, 5) is 12.5. The molecule has 100 valence electrons. The fourth-order valence-corrected chi connectivity index (χ4v) is 2.39. The normalized spacial score (nSPS) is 11.3. The topological polar surface area (TPSA) is 55.1 Å². The van der Waals surface area contributed by atoms with E-state index in [1.165, 1.54) is 0 Å². The lowest BCUT2D eigenvalue weighted by molar-refractivity contribution is -0.126. The molecule has 0 fully saturated rings. The van der Waals surface area contributed by atoms with Crippen LogP contribution in [-0.2, 0) is 4.79 Å². The second-order valence-corrected chi connectivity index (χ2v) is 4.80. The number of nitrogens with two attached hydrogens (primary N) is 1. The maximum atomic E-state index is 12.5. The van der Waals surface area contributed by atoms with Crippen LogP contribution in [0.4, 0.5) is 5.69 Å². The molecule has 1 amide bonds. The third-order valence-electron chi connectivity index (χ3n) is 3.36. The highest BCUT2D eigenvalue weighted by Gasteiger charge is 2.35. The third-order valence-corrected chi connectivity index (χ3v) is 3.36. The first-order chi connectivity index (χ1) is 8.68. The van der Waals surface area contributed by atoms with E-state index in [0.29, 0.717) is 6.54 Å². The van der Waals surface area contributed by atoms with Crippen molar-refractivity contribution in [3.8, 4) is 0 Å². The molecule has 0 saturated heterocycles. The fraction of sp³-hybridized carbons (Fsp3) is 0.533. The Bertz CT molecular complexity index is 356. The number of nitrogens with one attached hydrogen (secondary N) is 1. The molecule has 0 saturated carbocycles. The van der Waals surface area contributed by atoms with Gasteiger partial charge in [-0.25, -0.2) is 0 Å². The summed E-state index contributed by atoms with van der Waals surface area (Å²) in [7, 11) is 0. The van der Waals surface area contributed by atoms with Gasteiger partial charge in [-0.05, 0) is 25.0 Å². The van der Waals surface area contributed by atoms with E-state index < -0.39 is 5.41 Å². The van der Waals surface area contributed by atoms with Crippen LogP contribution < -0.4 is 11.1 Å². The van der Waals surface area contributed by atoms with Gasteiger partial charge in [-0.3, -0.25) is 4.79 Å². The summed E-state index contributed by atoms with van der Waals surface area (Å²) < 4.78 is 0. The molecule has 0 spiro atoms. The molecule has 3 N–H and O–H groups in total. The van der Waals surface area contributed by atoms with Gasteiger partial charge in [0.1, 0.15) is 0 Å². The minimum Gasteiger partial charge on any atom is -0.329 e. The first-order valence-corrected chi connectivity index (χ1v) is 6.75. The minimum absolute atomic E-state index is 0.0555. The van der Waals surface area contributed by atoms with Gasteiger partial charge >= 0.3 is 0 Å². The zero-order valence-corrected chi connectivity index (χ0v) is 11.4. The molecule has 0 heterocycles. The number of hydrogen-bond acceptors (Lipinski definition) is 2. The molecular weight excluding hydrogens is 224 g/mol. The molecule has 0 bridgehead atoms. The lowest BCUT2D eigenvalue weighted by atomic mass is 9.78. The molecule has 1 aromatic rings. The lowest BCUT2D eigenvalue weighted by Gasteiger charge is -2.30. The number of anilines is 1. The van der Waals surface area contributed by atoms with Gasteiger partial charge in [0.2, 0.25) is 5.91 Å². The zero-order valence-electron chi connectivity index (χ0n) is 11.4. The molecule has 1 aromatic carbocycles. The maximum Gasteiger partial charge on any atom is 0.231 e. The number of carbonyl (C=O) groups excluding carboxylic acids is 1. The smallest absolute Gasteiger partial charge is 0.231 e. The van der Waals surface area contributed by atoms with Crippen LogP contribution in [0.15, 0.2) is 30.3 Å². The van der Waals surface area contributed by atoms with Crippen molar-refractivity contribution in [2.45, 2.75) is 39.5 Å². The lowest BCUT2D eigenvalue weighted by Crippen LogP contribution is -2.42. The Hall–Kier alpha value is -1.35. The Morgan fingerprint density at radius 3 is 2.17 bits per heavy atom. The number of benzene rings is 1. The van der Waals surface area contributed by atoms with E-state index in [2.05, 4.69) is 19.2 Å². The van der Waals surface area contributed by atoms with Gasteiger partial charge in [-0.1, -0.05) is 44.9 Å². The van der Waals surface area contributed by atoms with Crippen molar-refractivity contribution in [1.29, 1.82) is 0 Å². The zero-order chi connectivity index (χ0) is 13.4. The van der Waals surface area contributed by atoms with E-state index in [-0.39, 0.29) is 5.91 Å². The van der Waals surface area contributed by atoms with Crippen molar-refractivity contribution in [2.75, 3.05) is 11.9 Å². The summed E-state index contributed by atoms with van der Waals surface area (Å²) in [5, 5.41) is 2.98. The van der Waals surface area contributed by atoms with Crippen molar-refractivity contribution in [3.05, 3.63) is 30.3 Å². The molecular formula is C15H24N2O. The van der Waals surface area contributed by atoms with Crippen molar-refractivity contribution >= 4 is 11.6 Å². The van der Waals surface area contributed by atoms with E-state index in [0.717, 1.165) is 31.4 Å². The first kappa shape index (κ1) is 14.7. The third kappa shape index (κ3) is 3.57. The van der Waals surface area contributed by atoms with Crippen LogP contribution in [0.25, 0.3) is 0 Å². The average Bonchev–Trinajstić information content (AvgIpc) is 2.39. The summed E-state index contributed by atoms with van der Waals surface area (Å²) in [6.45, 7) is 4.60. The molecule has 1 rings (SSSR count). The largest absolute Gasteiger partial charge is 0.329 e. The van der Waals surface area contributed by atoms with Gasteiger partial charge in [0, 0.05) is 12.2 Å². The van der Waals surface area contributed by atoms with Crippen molar-refractivity contribution < 1.29 is 4.79 Å². The van der Waals surface area contributed by atoms with Crippen LogP contribution >= 0.6 is 0 Å². The van der Waals surface area contributed by atoms with Crippen LogP contribution in [-0.4, -0.2) is 12.5 Å². The van der Waals surface area contributed by atoms with E-state index in [1.807, 2.05) is 30.3 Å². The van der Waals surface area contributed by atoms with E-state index in [1.54, 1.807) is 0 Å². The average molecular weight is 248 g/mol.